The van der Waals surface area contributed by atoms with Crippen LogP contribution in [0.5, 0.6) is 0 Å². The molecular formula is C6H5BrN2. The van der Waals surface area contributed by atoms with Gasteiger partial charge in [-0.2, -0.15) is 0 Å². The van der Waals surface area contributed by atoms with E-state index in [2.05, 4.69) is 32.6 Å². The summed E-state index contributed by atoms with van der Waals surface area (Å²) in [6.07, 6.45) is 1.68. The van der Waals surface area contributed by atoms with Gasteiger partial charge in [0.15, 0.2) is 5.82 Å². The molecule has 0 aliphatic heterocycles. The van der Waals surface area contributed by atoms with Gasteiger partial charge in [-0.1, -0.05) is 0 Å². The second kappa shape index (κ2) is 2.73. The van der Waals surface area contributed by atoms with Crippen molar-refractivity contribution in [3.8, 4) is 0 Å². The van der Waals surface area contributed by atoms with Gasteiger partial charge in [-0.3, -0.25) is 0 Å². The van der Waals surface area contributed by atoms with Crippen LogP contribution in [0.4, 0.5) is 5.82 Å². The standard InChI is InChI=1S/C6H5BrN2/c1-8-6-5(7)3-2-4-9-6/h2-4H,1H2. The minimum Gasteiger partial charge on any atom is -0.244 e. The maximum Gasteiger partial charge on any atom is 0.165 e. The fourth-order valence-electron chi connectivity index (χ4n) is 0.494. The van der Waals surface area contributed by atoms with Crippen molar-refractivity contribution < 1.29 is 0 Å². The van der Waals surface area contributed by atoms with Crippen LogP contribution >= 0.6 is 15.9 Å². The first kappa shape index (κ1) is 6.42. The number of pyridine rings is 1. The maximum atomic E-state index is 3.92. The predicted molar refractivity (Wildman–Crippen MR) is 41.1 cm³/mol. The highest BCUT2D eigenvalue weighted by Crippen LogP contribution is 2.19. The molecule has 3 heteroatoms. The highest BCUT2D eigenvalue weighted by atomic mass is 79.9. The Labute approximate surface area is 61.8 Å². The molecule has 0 radical (unpaired) electrons. The zero-order valence-corrected chi connectivity index (χ0v) is 6.30. The van der Waals surface area contributed by atoms with Gasteiger partial charge in [-0.15, -0.1) is 0 Å². The van der Waals surface area contributed by atoms with Crippen molar-refractivity contribution in [2.24, 2.45) is 4.99 Å². The number of aromatic nitrogens is 1. The number of nitrogens with zero attached hydrogens (tertiary/aromatic N) is 2. The topological polar surface area (TPSA) is 25.2 Å². The first-order chi connectivity index (χ1) is 4.34. The van der Waals surface area contributed by atoms with Crippen LogP contribution in [0.25, 0.3) is 0 Å². The minimum absolute atomic E-state index is 0.637. The lowest BCUT2D eigenvalue weighted by atomic mass is 10.5. The molecule has 1 aromatic rings. The Morgan fingerprint density at radius 1 is 1.67 bits per heavy atom. The number of halogens is 1. The van der Waals surface area contributed by atoms with Gasteiger partial charge in [0, 0.05) is 6.20 Å². The van der Waals surface area contributed by atoms with E-state index < -0.39 is 0 Å². The third-order valence-electron chi connectivity index (χ3n) is 0.889. The van der Waals surface area contributed by atoms with Gasteiger partial charge in [0.2, 0.25) is 0 Å². The molecule has 0 bridgehead atoms. The van der Waals surface area contributed by atoms with E-state index in [0.717, 1.165) is 4.47 Å². The molecule has 0 amide bonds. The zero-order chi connectivity index (χ0) is 6.69. The van der Waals surface area contributed by atoms with E-state index in [1.54, 1.807) is 6.20 Å². The molecule has 1 rings (SSSR count). The minimum atomic E-state index is 0.637. The fraction of sp³-hybridized carbons (Fsp3) is 0. The largest absolute Gasteiger partial charge is 0.244 e. The average Bonchev–Trinajstić information content (AvgIpc) is 1.89. The maximum absolute atomic E-state index is 3.92. The zero-order valence-electron chi connectivity index (χ0n) is 4.71. The Kier molecular flexibility index (Phi) is 1.95. The van der Waals surface area contributed by atoms with Crippen LogP contribution < -0.4 is 0 Å². The number of rotatable bonds is 1. The lowest BCUT2D eigenvalue weighted by Gasteiger charge is -1.91. The Morgan fingerprint density at radius 2 is 2.44 bits per heavy atom. The molecule has 0 saturated carbocycles. The van der Waals surface area contributed by atoms with Crippen molar-refractivity contribution in [2.75, 3.05) is 0 Å². The molecule has 9 heavy (non-hydrogen) atoms. The molecule has 0 atom stereocenters. The molecule has 0 N–H and O–H groups in total. The average molecular weight is 185 g/mol. The van der Waals surface area contributed by atoms with E-state index in [4.69, 9.17) is 0 Å². The van der Waals surface area contributed by atoms with Crippen molar-refractivity contribution in [3.63, 3.8) is 0 Å². The lowest BCUT2D eigenvalue weighted by molar-refractivity contribution is 1.27. The third-order valence-corrected chi connectivity index (χ3v) is 1.51. The molecule has 2 nitrogen and oxygen atoms in total. The SMILES string of the molecule is C=Nc1ncccc1Br. The summed E-state index contributed by atoms with van der Waals surface area (Å²) < 4.78 is 0.875. The van der Waals surface area contributed by atoms with Gasteiger partial charge < -0.3 is 0 Å². The van der Waals surface area contributed by atoms with Crippen LogP contribution in [0.1, 0.15) is 0 Å². The molecule has 0 saturated heterocycles. The van der Waals surface area contributed by atoms with Crippen molar-refractivity contribution >= 4 is 28.5 Å². The van der Waals surface area contributed by atoms with Crippen molar-refractivity contribution in [3.05, 3.63) is 22.8 Å². The summed E-state index contributed by atoms with van der Waals surface area (Å²) in [5.74, 6) is 0.637. The Hall–Kier alpha value is -0.700. The Balaban J connectivity index is 3.15. The molecule has 0 aliphatic rings. The highest BCUT2D eigenvalue weighted by Gasteiger charge is 1.92. The van der Waals surface area contributed by atoms with E-state index in [9.17, 15) is 0 Å². The van der Waals surface area contributed by atoms with Crippen molar-refractivity contribution in [2.45, 2.75) is 0 Å². The second-order valence-electron chi connectivity index (χ2n) is 1.47. The monoisotopic (exact) mass is 184 g/mol. The quantitative estimate of drug-likeness (QED) is 0.615. The van der Waals surface area contributed by atoms with Crippen molar-refractivity contribution in [1.82, 2.24) is 4.98 Å². The Bertz CT molecular complexity index is 222. The third kappa shape index (κ3) is 1.36. The van der Waals surface area contributed by atoms with E-state index in [0.29, 0.717) is 5.82 Å². The van der Waals surface area contributed by atoms with Crippen LogP contribution in [-0.4, -0.2) is 11.7 Å². The fourth-order valence-corrected chi connectivity index (χ4v) is 0.874. The smallest absolute Gasteiger partial charge is 0.165 e. The van der Waals surface area contributed by atoms with E-state index >= 15 is 0 Å². The number of hydrogen-bond acceptors (Lipinski definition) is 2. The van der Waals surface area contributed by atoms with E-state index in [1.807, 2.05) is 12.1 Å². The summed E-state index contributed by atoms with van der Waals surface area (Å²) in [5, 5.41) is 0. The predicted octanol–water partition coefficient (Wildman–Crippen LogP) is 2.18. The molecule has 46 valence electrons. The summed E-state index contributed by atoms with van der Waals surface area (Å²) in [6.45, 7) is 3.35. The molecule has 1 aromatic heterocycles. The van der Waals surface area contributed by atoms with Crippen LogP contribution in [-0.2, 0) is 0 Å². The molecule has 0 unspecified atom stereocenters. The highest BCUT2D eigenvalue weighted by molar-refractivity contribution is 9.10. The molecule has 0 aromatic carbocycles. The second-order valence-corrected chi connectivity index (χ2v) is 2.32. The molecule has 0 aliphatic carbocycles. The van der Waals surface area contributed by atoms with Gasteiger partial charge >= 0.3 is 0 Å². The van der Waals surface area contributed by atoms with Gasteiger partial charge in [-0.05, 0) is 34.8 Å². The van der Waals surface area contributed by atoms with Gasteiger partial charge in [0.1, 0.15) is 0 Å². The summed E-state index contributed by atoms with van der Waals surface area (Å²) in [6, 6.07) is 3.70. The normalized spacial score (nSPS) is 9.00. The molecule has 0 fully saturated rings. The van der Waals surface area contributed by atoms with Gasteiger partial charge in [0.05, 0.1) is 4.47 Å². The van der Waals surface area contributed by atoms with Crippen LogP contribution in [0.2, 0.25) is 0 Å². The van der Waals surface area contributed by atoms with Crippen LogP contribution in [0.3, 0.4) is 0 Å². The summed E-state index contributed by atoms with van der Waals surface area (Å²) in [7, 11) is 0. The summed E-state index contributed by atoms with van der Waals surface area (Å²) >= 11 is 3.26. The van der Waals surface area contributed by atoms with Crippen molar-refractivity contribution in [1.29, 1.82) is 0 Å². The Morgan fingerprint density at radius 3 is 2.89 bits per heavy atom. The van der Waals surface area contributed by atoms with E-state index in [-0.39, 0.29) is 0 Å². The van der Waals surface area contributed by atoms with Gasteiger partial charge in [-0.25, -0.2) is 9.98 Å². The number of aliphatic imine (C=N–C) groups is 1. The van der Waals surface area contributed by atoms with Crippen LogP contribution in [0, 0.1) is 0 Å². The molecular weight excluding hydrogens is 180 g/mol. The number of hydrogen-bond donors (Lipinski definition) is 0. The van der Waals surface area contributed by atoms with E-state index in [1.165, 1.54) is 0 Å². The molecule has 1 heterocycles. The first-order valence-electron chi connectivity index (χ1n) is 2.42. The summed E-state index contributed by atoms with van der Waals surface area (Å²) in [5.41, 5.74) is 0. The molecule has 0 spiro atoms. The lowest BCUT2D eigenvalue weighted by Crippen LogP contribution is -1.71. The first-order valence-corrected chi connectivity index (χ1v) is 3.21. The summed E-state index contributed by atoms with van der Waals surface area (Å²) in [4.78, 5) is 7.58. The van der Waals surface area contributed by atoms with Gasteiger partial charge in [0.25, 0.3) is 0 Å². The van der Waals surface area contributed by atoms with Crippen LogP contribution in [0.15, 0.2) is 27.8 Å².